The van der Waals surface area contributed by atoms with Crippen LogP contribution in [0.25, 0.3) is 17.4 Å². The van der Waals surface area contributed by atoms with E-state index < -0.39 is 0 Å². The van der Waals surface area contributed by atoms with Gasteiger partial charge in [-0.05, 0) is 54.0 Å². The highest BCUT2D eigenvalue weighted by Gasteiger charge is 2.10. The molecule has 0 atom stereocenters. The highest BCUT2D eigenvalue weighted by atomic mass is 35.5. The van der Waals surface area contributed by atoms with Crippen LogP contribution in [-0.4, -0.2) is 5.91 Å². The molecule has 0 aliphatic heterocycles. The average molecular weight is 400 g/mol. The Hall–Kier alpha value is -2.49. The number of hydrogen-bond donors (Lipinski definition) is 1. The van der Waals surface area contributed by atoms with Crippen molar-refractivity contribution in [2.24, 2.45) is 0 Å². The van der Waals surface area contributed by atoms with Crippen LogP contribution in [-0.2, 0) is 4.79 Å². The lowest BCUT2D eigenvalue weighted by Gasteiger charge is -2.12. The van der Waals surface area contributed by atoms with E-state index >= 15 is 0 Å². The van der Waals surface area contributed by atoms with Crippen molar-refractivity contribution in [1.82, 2.24) is 0 Å². The summed E-state index contributed by atoms with van der Waals surface area (Å²) in [6.07, 6.45) is 3.07. The second-order valence-electron chi connectivity index (χ2n) is 6.39. The fourth-order valence-corrected chi connectivity index (χ4v) is 3.22. The molecule has 3 aromatic rings. The van der Waals surface area contributed by atoms with E-state index in [1.54, 1.807) is 36.4 Å². The van der Waals surface area contributed by atoms with Crippen LogP contribution >= 0.6 is 23.2 Å². The first-order valence-corrected chi connectivity index (χ1v) is 9.33. The number of hydrogen-bond acceptors (Lipinski definition) is 2. The summed E-state index contributed by atoms with van der Waals surface area (Å²) in [6.45, 7) is 4.18. The van der Waals surface area contributed by atoms with Gasteiger partial charge >= 0.3 is 0 Å². The molecule has 0 radical (unpaired) electrons. The van der Waals surface area contributed by atoms with Crippen LogP contribution < -0.4 is 5.32 Å². The lowest BCUT2D eigenvalue weighted by atomic mass is 10.0. The predicted molar refractivity (Wildman–Crippen MR) is 112 cm³/mol. The molecule has 1 amide bonds. The molecule has 138 valence electrons. The van der Waals surface area contributed by atoms with E-state index in [4.69, 9.17) is 27.6 Å². The Labute approximate surface area is 168 Å². The second kappa shape index (κ2) is 8.47. The molecular weight excluding hydrogens is 381 g/mol. The molecule has 0 spiro atoms. The third kappa shape index (κ3) is 4.82. The van der Waals surface area contributed by atoms with E-state index in [1.165, 1.54) is 6.08 Å². The van der Waals surface area contributed by atoms with E-state index in [0.29, 0.717) is 27.5 Å². The van der Waals surface area contributed by atoms with Crippen molar-refractivity contribution in [3.63, 3.8) is 0 Å². The van der Waals surface area contributed by atoms with Crippen LogP contribution in [0.2, 0.25) is 10.0 Å². The number of carbonyl (C=O) groups excluding carboxylic acids is 1. The molecule has 3 nitrogen and oxygen atoms in total. The molecule has 0 aliphatic carbocycles. The molecule has 2 aromatic carbocycles. The summed E-state index contributed by atoms with van der Waals surface area (Å²) in [4.78, 5) is 12.3. The Bertz CT molecular complexity index is 989. The van der Waals surface area contributed by atoms with E-state index in [0.717, 1.165) is 16.8 Å². The van der Waals surface area contributed by atoms with Gasteiger partial charge in [0, 0.05) is 22.3 Å². The molecule has 1 N–H and O–H groups in total. The van der Waals surface area contributed by atoms with Crippen molar-refractivity contribution in [3.05, 3.63) is 82.0 Å². The Kier molecular flexibility index (Phi) is 6.04. The van der Waals surface area contributed by atoms with Gasteiger partial charge in [-0.1, -0.05) is 55.2 Å². The highest BCUT2D eigenvalue weighted by Crippen LogP contribution is 2.31. The average Bonchev–Trinajstić information content (AvgIpc) is 3.09. The summed E-state index contributed by atoms with van der Waals surface area (Å²) in [6, 6.07) is 16.6. The second-order valence-corrected chi connectivity index (χ2v) is 7.23. The van der Waals surface area contributed by atoms with Crippen molar-refractivity contribution in [1.29, 1.82) is 0 Å². The molecule has 0 unspecified atom stereocenters. The molecule has 5 heteroatoms. The summed E-state index contributed by atoms with van der Waals surface area (Å²) < 4.78 is 5.76. The molecule has 1 aromatic heterocycles. The van der Waals surface area contributed by atoms with Gasteiger partial charge < -0.3 is 9.73 Å². The molecule has 0 fully saturated rings. The van der Waals surface area contributed by atoms with E-state index in [-0.39, 0.29) is 5.91 Å². The molecule has 0 aliphatic rings. The van der Waals surface area contributed by atoms with Gasteiger partial charge in [-0.25, -0.2) is 0 Å². The number of carbonyl (C=O) groups is 1. The van der Waals surface area contributed by atoms with Gasteiger partial charge in [0.25, 0.3) is 0 Å². The number of amides is 1. The SMILES string of the molecule is CC(C)c1ccccc1NC(=O)/C=C/c1ccc(-c2ccc(Cl)cc2Cl)o1. The Balaban J connectivity index is 1.72. The van der Waals surface area contributed by atoms with Gasteiger partial charge in [0.1, 0.15) is 11.5 Å². The van der Waals surface area contributed by atoms with Crippen molar-refractivity contribution in [2.75, 3.05) is 5.32 Å². The smallest absolute Gasteiger partial charge is 0.248 e. The van der Waals surface area contributed by atoms with Gasteiger partial charge in [-0.3, -0.25) is 4.79 Å². The van der Waals surface area contributed by atoms with Crippen LogP contribution in [0, 0.1) is 0 Å². The van der Waals surface area contributed by atoms with Crippen molar-refractivity contribution in [3.8, 4) is 11.3 Å². The van der Waals surface area contributed by atoms with E-state index in [1.807, 2.05) is 24.3 Å². The third-order valence-corrected chi connectivity index (χ3v) is 4.61. The maximum atomic E-state index is 12.3. The topological polar surface area (TPSA) is 42.2 Å². The highest BCUT2D eigenvalue weighted by molar-refractivity contribution is 6.36. The summed E-state index contributed by atoms with van der Waals surface area (Å²) >= 11 is 12.1. The lowest BCUT2D eigenvalue weighted by Crippen LogP contribution is -2.10. The van der Waals surface area contributed by atoms with Crippen LogP contribution in [0.3, 0.4) is 0 Å². The number of nitrogens with one attached hydrogen (secondary N) is 1. The van der Waals surface area contributed by atoms with Gasteiger partial charge in [0.05, 0.1) is 5.02 Å². The number of halogens is 2. The molecule has 27 heavy (non-hydrogen) atoms. The zero-order chi connectivity index (χ0) is 19.4. The third-order valence-electron chi connectivity index (χ3n) is 4.06. The standard InChI is InChI=1S/C22H19Cl2NO2/c1-14(2)17-5-3-4-6-20(17)25-22(26)12-9-16-8-11-21(27-16)18-10-7-15(23)13-19(18)24/h3-14H,1-2H3,(H,25,26)/b12-9+. The quantitative estimate of drug-likeness (QED) is 0.467. The van der Waals surface area contributed by atoms with Crippen molar-refractivity contribution in [2.45, 2.75) is 19.8 Å². The fraction of sp³-hybridized carbons (Fsp3) is 0.136. The molecule has 0 bridgehead atoms. The van der Waals surface area contributed by atoms with Crippen LogP contribution in [0.15, 0.2) is 65.1 Å². The number of benzene rings is 2. The van der Waals surface area contributed by atoms with Crippen molar-refractivity contribution < 1.29 is 9.21 Å². The van der Waals surface area contributed by atoms with Crippen LogP contribution in [0.5, 0.6) is 0 Å². The largest absolute Gasteiger partial charge is 0.457 e. The molecule has 0 saturated heterocycles. The van der Waals surface area contributed by atoms with Gasteiger partial charge in [-0.15, -0.1) is 0 Å². The Morgan fingerprint density at radius 2 is 1.85 bits per heavy atom. The zero-order valence-corrected chi connectivity index (χ0v) is 16.5. The van der Waals surface area contributed by atoms with Crippen LogP contribution in [0.1, 0.15) is 31.1 Å². The van der Waals surface area contributed by atoms with E-state index in [2.05, 4.69) is 19.2 Å². The van der Waals surface area contributed by atoms with E-state index in [9.17, 15) is 4.79 Å². The minimum absolute atomic E-state index is 0.217. The molecular formula is C22H19Cl2NO2. The first kappa shape index (κ1) is 19.3. The number of furan rings is 1. The molecule has 3 rings (SSSR count). The minimum Gasteiger partial charge on any atom is -0.457 e. The maximum Gasteiger partial charge on any atom is 0.248 e. The predicted octanol–water partition coefficient (Wildman–Crippen LogP) is 7.03. The van der Waals surface area contributed by atoms with Gasteiger partial charge in [0.15, 0.2) is 0 Å². The van der Waals surface area contributed by atoms with Gasteiger partial charge in [-0.2, -0.15) is 0 Å². The lowest BCUT2D eigenvalue weighted by molar-refractivity contribution is -0.111. The van der Waals surface area contributed by atoms with Crippen molar-refractivity contribution >= 4 is 40.9 Å². The maximum absolute atomic E-state index is 12.3. The summed E-state index contributed by atoms with van der Waals surface area (Å²) in [5.41, 5.74) is 2.66. The zero-order valence-electron chi connectivity index (χ0n) is 15.0. The minimum atomic E-state index is -0.217. The first-order valence-electron chi connectivity index (χ1n) is 8.57. The first-order chi connectivity index (χ1) is 12.9. The monoisotopic (exact) mass is 399 g/mol. The summed E-state index contributed by atoms with van der Waals surface area (Å²) in [7, 11) is 0. The Morgan fingerprint density at radius 3 is 2.59 bits per heavy atom. The van der Waals surface area contributed by atoms with Crippen LogP contribution in [0.4, 0.5) is 5.69 Å². The number of anilines is 1. The molecule has 0 saturated carbocycles. The summed E-state index contributed by atoms with van der Waals surface area (Å²) in [5, 5.41) is 3.99. The number of para-hydroxylation sites is 1. The summed E-state index contributed by atoms with van der Waals surface area (Å²) in [5.74, 6) is 1.28. The van der Waals surface area contributed by atoms with Gasteiger partial charge in [0.2, 0.25) is 5.91 Å². The fourth-order valence-electron chi connectivity index (χ4n) is 2.72. The normalized spacial score (nSPS) is 11.3. The Morgan fingerprint density at radius 1 is 1.07 bits per heavy atom. The number of rotatable bonds is 5. The molecule has 1 heterocycles.